The summed E-state index contributed by atoms with van der Waals surface area (Å²) < 4.78 is 5.60. The van der Waals surface area contributed by atoms with Crippen molar-refractivity contribution in [1.82, 2.24) is 0 Å². The average molecular weight is 295 g/mol. The van der Waals surface area contributed by atoms with E-state index < -0.39 is 11.7 Å². The second-order valence-corrected chi connectivity index (χ2v) is 5.23. The highest BCUT2D eigenvalue weighted by molar-refractivity contribution is 6.52. The molecule has 0 saturated carbocycles. The second-order valence-electron chi connectivity index (χ2n) is 5.23. The molecular formula is C18H17NO3. The molecule has 0 unspecified atom stereocenters. The van der Waals surface area contributed by atoms with Crippen molar-refractivity contribution in [3.05, 3.63) is 59.2 Å². The first-order valence-corrected chi connectivity index (χ1v) is 7.30. The summed E-state index contributed by atoms with van der Waals surface area (Å²) in [6, 6.07) is 13.0. The van der Waals surface area contributed by atoms with Gasteiger partial charge in [0, 0.05) is 5.56 Å². The van der Waals surface area contributed by atoms with Crippen LogP contribution < -0.4 is 9.64 Å². The highest BCUT2D eigenvalue weighted by Gasteiger charge is 2.36. The normalized spacial score (nSPS) is 13.5. The van der Waals surface area contributed by atoms with Crippen molar-refractivity contribution in [2.45, 2.75) is 20.4 Å². The molecule has 0 atom stereocenters. The molecule has 3 rings (SSSR count). The number of anilines is 1. The molecule has 0 bridgehead atoms. The topological polar surface area (TPSA) is 46.6 Å². The van der Waals surface area contributed by atoms with E-state index in [1.54, 1.807) is 17.0 Å². The maximum absolute atomic E-state index is 12.3. The van der Waals surface area contributed by atoms with Crippen LogP contribution in [0.1, 0.15) is 28.4 Å². The van der Waals surface area contributed by atoms with E-state index in [4.69, 9.17) is 4.74 Å². The minimum atomic E-state index is -0.476. The van der Waals surface area contributed by atoms with E-state index in [0.717, 1.165) is 16.9 Å². The van der Waals surface area contributed by atoms with Gasteiger partial charge in [0.05, 0.1) is 24.4 Å². The number of carbonyl (C=O) groups is 2. The highest BCUT2D eigenvalue weighted by Crippen LogP contribution is 2.34. The highest BCUT2D eigenvalue weighted by atomic mass is 16.5. The zero-order valence-corrected chi connectivity index (χ0v) is 12.6. The van der Waals surface area contributed by atoms with E-state index >= 15 is 0 Å². The summed E-state index contributed by atoms with van der Waals surface area (Å²) in [6.07, 6.45) is 0. The molecule has 0 spiro atoms. The molecule has 1 aliphatic rings. The van der Waals surface area contributed by atoms with Crippen molar-refractivity contribution in [1.29, 1.82) is 0 Å². The molecule has 2 aromatic rings. The summed E-state index contributed by atoms with van der Waals surface area (Å²) in [4.78, 5) is 26.0. The number of benzene rings is 2. The van der Waals surface area contributed by atoms with Crippen LogP contribution in [0.5, 0.6) is 5.75 Å². The maximum atomic E-state index is 12.3. The number of amides is 1. The van der Waals surface area contributed by atoms with Crippen molar-refractivity contribution in [3.8, 4) is 5.75 Å². The monoisotopic (exact) mass is 295 g/mol. The summed E-state index contributed by atoms with van der Waals surface area (Å²) in [5, 5.41) is 0. The minimum Gasteiger partial charge on any atom is -0.494 e. The second kappa shape index (κ2) is 5.64. The Morgan fingerprint density at radius 2 is 1.82 bits per heavy atom. The first kappa shape index (κ1) is 14.3. The Morgan fingerprint density at radius 3 is 2.59 bits per heavy atom. The van der Waals surface area contributed by atoms with Gasteiger partial charge in [0.25, 0.3) is 11.7 Å². The van der Waals surface area contributed by atoms with E-state index in [1.807, 2.05) is 44.2 Å². The third-order valence-corrected chi connectivity index (χ3v) is 3.79. The maximum Gasteiger partial charge on any atom is 0.299 e. The lowest BCUT2D eigenvalue weighted by atomic mass is 10.1. The van der Waals surface area contributed by atoms with Crippen molar-refractivity contribution in [2.24, 2.45) is 0 Å². The van der Waals surface area contributed by atoms with Crippen molar-refractivity contribution in [3.63, 3.8) is 0 Å². The van der Waals surface area contributed by atoms with Crippen LogP contribution in [0.15, 0.2) is 42.5 Å². The van der Waals surface area contributed by atoms with Crippen LogP contribution >= 0.6 is 0 Å². The van der Waals surface area contributed by atoms with Gasteiger partial charge in [0.2, 0.25) is 0 Å². The number of fused-ring (bicyclic) bond motifs is 1. The molecule has 0 aromatic heterocycles. The summed E-state index contributed by atoms with van der Waals surface area (Å²) in [5.41, 5.74) is 3.01. The molecule has 0 aliphatic carbocycles. The third-order valence-electron chi connectivity index (χ3n) is 3.79. The lowest BCUT2D eigenvalue weighted by Gasteiger charge is -2.20. The fourth-order valence-corrected chi connectivity index (χ4v) is 2.79. The number of Topliss-reactive ketones (excluding diaryl/α,β-unsaturated/α-hetero) is 1. The molecule has 112 valence electrons. The zero-order valence-electron chi connectivity index (χ0n) is 12.6. The number of ether oxygens (including phenoxy) is 1. The van der Waals surface area contributed by atoms with Crippen LogP contribution in [0.3, 0.4) is 0 Å². The van der Waals surface area contributed by atoms with Crippen LogP contribution in [0.2, 0.25) is 0 Å². The van der Waals surface area contributed by atoms with Crippen LogP contribution in [-0.4, -0.2) is 18.3 Å². The van der Waals surface area contributed by atoms with Gasteiger partial charge in [-0.1, -0.05) is 30.3 Å². The Morgan fingerprint density at radius 1 is 1.05 bits per heavy atom. The number of ketones is 1. The van der Waals surface area contributed by atoms with Gasteiger partial charge in [0.15, 0.2) is 0 Å². The minimum absolute atomic E-state index is 0.332. The molecular weight excluding hydrogens is 278 g/mol. The summed E-state index contributed by atoms with van der Waals surface area (Å²) >= 11 is 0. The van der Waals surface area contributed by atoms with E-state index in [-0.39, 0.29) is 0 Å². The van der Waals surface area contributed by atoms with Gasteiger partial charge in [-0.2, -0.15) is 0 Å². The Labute approximate surface area is 129 Å². The van der Waals surface area contributed by atoms with Gasteiger partial charge in [-0.3, -0.25) is 14.5 Å². The molecule has 2 aromatic carbocycles. The average Bonchev–Trinajstić information content (AvgIpc) is 2.76. The number of aryl methyl sites for hydroxylation is 1. The summed E-state index contributed by atoms with van der Waals surface area (Å²) in [6.45, 7) is 4.71. The van der Waals surface area contributed by atoms with Crippen molar-refractivity contribution < 1.29 is 14.3 Å². The van der Waals surface area contributed by atoms with Gasteiger partial charge in [-0.15, -0.1) is 0 Å². The zero-order chi connectivity index (χ0) is 15.7. The predicted molar refractivity (Wildman–Crippen MR) is 84.3 cm³/mol. The number of nitrogens with zero attached hydrogens (tertiary/aromatic N) is 1. The Bertz CT molecular complexity index is 752. The van der Waals surface area contributed by atoms with Crippen molar-refractivity contribution >= 4 is 17.4 Å². The SMILES string of the molecule is CCOc1ccccc1CN1C(=O)C(=O)c2cccc(C)c21. The third kappa shape index (κ3) is 2.26. The van der Waals surface area contributed by atoms with Crippen molar-refractivity contribution in [2.75, 3.05) is 11.5 Å². The number of hydrogen-bond donors (Lipinski definition) is 0. The molecule has 1 amide bonds. The molecule has 0 fully saturated rings. The molecule has 0 N–H and O–H groups in total. The molecule has 0 radical (unpaired) electrons. The first-order chi connectivity index (χ1) is 10.6. The molecule has 22 heavy (non-hydrogen) atoms. The number of rotatable bonds is 4. The van der Waals surface area contributed by atoms with Crippen LogP contribution in [0.25, 0.3) is 0 Å². The van der Waals surface area contributed by atoms with Crippen LogP contribution in [-0.2, 0) is 11.3 Å². The Kier molecular flexibility index (Phi) is 3.67. The van der Waals surface area contributed by atoms with Gasteiger partial charge in [0.1, 0.15) is 5.75 Å². The predicted octanol–water partition coefficient (Wildman–Crippen LogP) is 3.12. The van der Waals surface area contributed by atoms with Gasteiger partial charge in [-0.05, 0) is 31.5 Å². The fraction of sp³-hybridized carbons (Fsp3) is 0.222. The molecule has 4 heteroatoms. The quantitative estimate of drug-likeness (QED) is 0.814. The van der Waals surface area contributed by atoms with E-state index in [9.17, 15) is 9.59 Å². The molecule has 1 heterocycles. The molecule has 4 nitrogen and oxygen atoms in total. The standard InChI is InChI=1S/C18H17NO3/c1-3-22-15-10-5-4-8-13(15)11-19-16-12(2)7-6-9-14(16)17(20)18(19)21/h4-10H,3,11H2,1-2H3. The lowest BCUT2D eigenvalue weighted by molar-refractivity contribution is -0.114. The number of hydrogen-bond acceptors (Lipinski definition) is 3. The fourth-order valence-electron chi connectivity index (χ4n) is 2.79. The van der Waals surface area contributed by atoms with E-state index in [1.165, 1.54) is 0 Å². The van der Waals surface area contributed by atoms with E-state index in [0.29, 0.717) is 24.4 Å². The molecule has 1 aliphatic heterocycles. The Balaban J connectivity index is 2.01. The molecule has 0 saturated heterocycles. The largest absolute Gasteiger partial charge is 0.494 e. The summed E-state index contributed by atoms with van der Waals surface area (Å²) in [7, 11) is 0. The van der Waals surface area contributed by atoms with Crippen LogP contribution in [0.4, 0.5) is 5.69 Å². The smallest absolute Gasteiger partial charge is 0.299 e. The Hall–Kier alpha value is -2.62. The first-order valence-electron chi connectivity index (χ1n) is 7.30. The summed E-state index contributed by atoms with van der Waals surface area (Å²) in [5.74, 6) is -0.171. The van der Waals surface area contributed by atoms with Crippen LogP contribution in [0, 0.1) is 6.92 Å². The van der Waals surface area contributed by atoms with Gasteiger partial charge >= 0.3 is 0 Å². The van der Waals surface area contributed by atoms with E-state index in [2.05, 4.69) is 0 Å². The lowest BCUT2D eigenvalue weighted by Crippen LogP contribution is -2.29. The van der Waals surface area contributed by atoms with Gasteiger partial charge < -0.3 is 4.74 Å². The number of carbonyl (C=O) groups excluding carboxylic acids is 2. The van der Waals surface area contributed by atoms with Gasteiger partial charge in [-0.25, -0.2) is 0 Å². The number of para-hydroxylation sites is 2.